The highest BCUT2D eigenvalue weighted by Gasteiger charge is 2.18. The number of hydrogen-bond donors (Lipinski definition) is 2. The molecule has 3 aromatic carbocycles. The number of hydrogen-bond acceptors (Lipinski definition) is 2. The number of aromatic amines is 1. The van der Waals surface area contributed by atoms with Gasteiger partial charge in [-0.05, 0) is 48.4 Å². The first-order chi connectivity index (χ1) is 16.6. The van der Waals surface area contributed by atoms with Crippen LogP contribution < -0.4 is 5.32 Å². The summed E-state index contributed by atoms with van der Waals surface area (Å²) in [7, 11) is 0. The SMILES string of the molecule is O=C(Nc1cccc(Cl)c1)N(CCc1c[nH]c2ccccc12)Cc1cc2ccccc2nc1Cl. The van der Waals surface area contributed by atoms with E-state index in [1.807, 2.05) is 60.8 Å². The molecule has 2 aromatic heterocycles. The second-order valence-corrected chi connectivity index (χ2v) is 8.90. The van der Waals surface area contributed by atoms with Crippen LogP contribution in [0.15, 0.2) is 85.1 Å². The van der Waals surface area contributed by atoms with Crippen molar-refractivity contribution >= 4 is 56.7 Å². The highest BCUT2D eigenvalue weighted by atomic mass is 35.5. The van der Waals surface area contributed by atoms with Crippen molar-refractivity contribution in [2.75, 3.05) is 11.9 Å². The van der Waals surface area contributed by atoms with Gasteiger partial charge in [-0.2, -0.15) is 0 Å². The van der Waals surface area contributed by atoms with Crippen molar-refractivity contribution < 1.29 is 4.79 Å². The molecule has 0 aliphatic heterocycles. The van der Waals surface area contributed by atoms with Crippen molar-refractivity contribution in [1.82, 2.24) is 14.9 Å². The fraction of sp³-hybridized carbons (Fsp3) is 0.111. The Labute approximate surface area is 207 Å². The number of benzene rings is 3. The Morgan fingerprint density at radius 2 is 1.76 bits per heavy atom. The van der Waals surface area contributed by atoms with Gasteiger partial charge in [-0.15, -0.1) is 0 Å². The lowest BCUT2D eigenvalue weighted by Gasteiger charge is -2.24. The standard InChI is InChI=1S/C27H22Cl2N4O/c28-21-7-5-8-22(15-21)31-27(34)33(13-12-19-16-30-25-11-4-2-9-23(19)25)17-20-14-18-6-1-3-10-24(18)32-26(20)29/h1-11,14-16,30H,12-13,17H2,(H,31,34). The molecule has 0 saturated carbocycles. The molecule has 2 N–H and O–H groups in total. The van der Waals surface area contributed by atoms with E-state index < -0.39 is 0 Å². The molecule has 0 aliphatic rings. The molecule has 2 heterocycles. The summed E-state index contributed by atoms with van der Waals surface area (Å²) in [5.41, 5.74) is 4.48. The number of nitrogens with zero attached hydrogens (tertiary/aromatic N) is 2. The van der Waals surface area contributed by atoms with E-state index in [9.17, 15) is 4.79 Å². The Hall–Kier alpha value is -3.54. The number of fused-ring (bicyclic) bond motifs is 2. The lowest BCUT2D eigenvalue weighted by atomic mass is 10.1. The van der Waals surface area contributed by atoms with Crippen molar-refractivity contribution in [1.29, 1.82) is 0 Å². The Kier molecular flexibility index (Phi) is 6.39. The van der Waals surface area contributed by atoms with Crippen molar-refractivity contribution in [2.45, 2.75) is 13.0 Å². The van der Waals surface area contributed by atoms with E-state index in [4.69, 9.17) is 23.2 Å². The van der Waals surface area contributed by atoms with E-state index in [-0.39, 0.29) is 6.03 Å². The maximum Gasteiger partial charge on any atom is 0.322 e. The molecule has 0 bridgehead atoms. The molecule has 0 unspecified atom stereocenters. The fourth-order valence-corrected chi connectivity index (χ4v) is 4.46. The van der Waals surface area contributed by atoms with E-state index in [0.717, 1.165) is 32.9 Å². The number of halogens is 2. The Balaban J connectivity index is 1.42. The fourth-order valence-electron chi connectivity index (χ4n) is 4.07. The maximum absolute atomic E-state index is 13.3. The highest BCUT2D eigenvalue weighted by molar-refractivity contribution is 6.31. The minimum atomic E-state index is -0.230. The van der Waals surface area contributed by atoms with E-state index >= 15 is 0 Å². The molecule has 0 atom stereocenters. The summed E-state index contributed by atoms with van der Waals surface area (Å²) in [4.78, 5) is 22.9. The first kappa shape index (κ1) is 22.3. The second kappa shape index (κ2) is 9.75. The number of pyridine rings is 1. The van der Waals surface area contributed by atoms with Crippen LogP contribution in [0.4, 0.5) is 10.5 Å². The van der Waals surface area contributed by atoms with E-state index in [1.165, 1.54) is 0 Å². The largest absolute Gasteiger partial charge is 0.361 e. The lowest BCUT2D eigenvalue weighted by Crippen LogP contribution is -2.36. The van der Waals surface area contributed by atoms with Crippen LogP contribution in [-0.4, -0.2) is 27.4 Å². The second-order valence-electron chi connectivity index (χ2n) is 8.10. The zero-order chi connectivity index (χ0) is 23.5. The van der Waals surface area contributed by atoms with Gasteiger partial charge >= 0.3 is 6.03 Å². The zero-order valence-electron chi connectivity index (χ0n) is 18.3. The quantitative estimate of drug-likeness (QED) is 0.246. The van der Waals surface area contributed by atoms with Gasteiger partial charge in [-0.25, -0.2) is 9.78 Å². The smallest absolute Gasteiger partial charge is 0.322 e. The van der Waals surface area contributed by atoms with Crippen molar-refractivity contribution in [2.24, 2.45) is 0 Å². The average Bonchev–Trinajstić information content (AvgIpc) is 3.25. The van der Waals surface area contributed by atoms with E-state index in [0.29, 0.717) is 35.4 Å². The Bertz CT molecular complexity index is 1480. The summed E-state index contributed by atoms with van der Waals surface area (Å²) < 4.78 is 0. The summed E-state index contributed by atoms with van der Waals surface area (Å²) in [6.07, 6.45) is 2.69. The van der Waals surface area contributed by atoms with Gasteiger partial charge in [-0.1, -0.05) is 65.7 Å². The van der Waals surface area contributed by atoms with Crippen molar-refractivity contribution in [3.63, 3.8) is 0 Å². The number of rotatable bonds is 6. The highest BCUT2D eigenvalue weighted by Crippen LogP contribution is 2.24. The van der Waals surface area contributed by atoms with Crippen LogP contribution in [0.2, 0.25) is 10.2 Å². The third kappa shape index (κ3) is 4.86. The number of carbonyl (C=O) groups is 1. The number of urea groups is 1. The van der Waals surface area contributed by atoms with Crippen molar-refractivity contribution in [3.05, 3.63) is 106 Å². The number of amides is 2. The normalized spacial score (nSPS) is 11.1. The van der Waals surface area contributed by atoms with Gasteiger partial charge in [0.25, 0.3) is 0 Å². The van der Waals surface area contributed by atoms with Crippen LogP contribution in [0.25, 0.3) is 21.8 Å². The molecule has 170 valence electrons. The third-order valence-electron chi connectivity index (χ3n) is 5.80. The Morgan fingerprint density at radius 1 is 0.941 bits per heavy atom. The zero-order valence-corrected chi connectivity index (χ0v) is 19.8. The molecule has 0 radical (unpaired) electrons. The summed E-state index contributed by atoms with van der Waals surface area (Å²) >= 11 is 12.6. The number of anilines is 1. The number of carbonyl (C=O) groups excluding carboxylic acids is 1. The van der Waals surface area contributed by atoms with Gasteiger partial charge in [0.2, 0.25) is 0 Å². The van der Waals surface area contributed by atoms with Gasteiger partial charge in [0.05, 0.1) is 12.1 Å². The van der Waals surface area contributed by atoms with Crippen LogP contribution in [-0.2, 0) is 13.0 Å². The summed E-state index contributed by atoms with van der Waals surface area (Å²) in [5, 5.41) is 6.05. The number of aromatic nitrogens is 2. The minimum Gasteiger partial charge on any atom is -0.361 e. The molecule has 5 nitrogen and oxygen atoms in total. The van der Waals surface area contributed by atoms with Gasteiger partial charge < -0.3 is 15.2 Å². The lowest BCUT2D eigenvalue weighted by molar-refractivity contribution is 0.210. The summed E-state index contributed by atoms with van der Waals surface area (Å²) in [5.74, 6) is 0. The molecule has 0 saturated heterocycles. The van der Waals surface area contributed by atoms with Crippen LogP contribution in [0, 0.1) is 0 Å². The van der Waals surface area contributed by atoms with Crippen LogP contribution in [0.1, 0.15) is 11.1 Å². The molecule has 5 rings (SSSR count). The van der Waals surface area contributed by atoms with Gasteiger partial charge in [0.15, 0.2) is 0 Å². The van der Waals surface area contributed by atoms with Crippen LogP contribution in [0.5, 0.6) is 0 Å². The van der Waals surface area contributed by atoms with E-state index in [1.54, 1.807) is 23.1 Å². The van der Waals surface area contributed by atoms with Crippen LogP contribution >= 0.6 is 23.2 Å². The predicted octanol–water partition coefficient (Wildman–Crippen LogP) is 7.30. The molecule has 34 heavy (non-hydrogen) atoms. The summed E-state index contributed by atoms with van der Waals surface area (Å²) in [6.45, 7) is 0.822. The number of nitrogens with one attached hydrogen (secondary N) is 2. The molecular formula is C27H22Cl2N4O. The van der Waals surface area contributed by atoms with Crippen molar-refractivity contribution in [3.8, 4) is 0 Å². The van der Waals surface area contributed by atoms with Gasteiger partial charge in [0.1, 0.15) is 5.15 Å². The number of H-pyrrole nitrogens is 1. The minimum absolute atomic E-state index is 0.230. The molecule has 0 aliphatic carbocycles. The van der Waals surface area contributed by atoms with Gasteiger partial charge in [-0.3, -0.25) is 0 Å². The topological polar surface area (TPSA) is 61.0 Å². The molecular weight excluding hydrogens is 467 g/mol. The van der Waals surface area contributed by atoms with Gasteiger partial charge in [0, 0.05) is 45.3 Å². The number of para-hydroxylation sites is 2. The monoisotopic (exact) mass is 488 g/mol. The maximum atomic E-state index is 13.3. The Morgan fingerprint density at radius 3 is 2.65 bits per heavy atom. The molecule has 0 spiro atoms. The molecule has 0 fully saturated rings. The molecule has 5 aromatic rings. The first-order valence-electron chi connectivity index (χ1n) is 11.0. The van der Waals surface area contributed by atoms with Crippen LogP contribution in [0.3, 0.4) is 0 Å². The predicted molar refractivity (Wildman–Crippen MR) is 140 cm³/mol. The third-order valence-corrected chi connectivity index (χ3v) is 6.36. The molecule has 7 heteroatoms. The summed E-state index contributed by atoms with van der Waals surface area (Å²) in [6, 6.07) is 24.8. The molecule has 2 amide bonds. The van der Waals surface area contributed by atoms with E-state index in [2.05, 4.69) is 21.4 Å². The average molecular weight is 489 g/mol. The first-order valence-corrected chi connectivity index (χ1v) is 11.7.